The molecule has 0 N–H and O–H groups in total. The largest absolute Gasteiger partial charge is 0.460 e. The Bertz CT molecular complexity index is 2200. The molecule has 0 fully saturated rings. The Labute approximate surface area is 394 Å². The lowest BCUT2D eigenvalue weighted by Crippen LogP contribution is -2.52. The zero-order valence-electron chi connectivity index (χ0n) is 39.0. The van der Waals surface area contributed by atoms with E-state index in [4.69, 9.17) is 33.2 Å². The Morgan fingerprint density at radius 2 is 0.696 bits per heavy atom. The molecule has 0 radical (unpaired) electrons. The number of hydrogen-bond donors (Lipinski definition) is 0. The lowest BCUT2D eigenvalue weighted by Gasteiger charge is -2.36. The fraction of sp³-hybridized carbons (Fsp3) is 0.449. The Kier molecular flexibility index (Phi) is 18.9. The average Bonchev–Trinajstić information content (AvgIpc) is 3.25. The fourth-order valence-corrected chi connectivity index (χ4v) is 5.93. The molecule has 0 unspecified atom stereocenters. The van der Waals surface area contributed by atoms with E-state index in [1.807, 2.05) is 0 Å². The van der Waals surface area contributed by atoms with Crippen LogP contribution in [0, 0.1) is 0 Å². The summed E-state index contributed by atoms with van der Waals surface area (Å²) in [6.45, 7) is 11.3. The van der Waals surface area contributed by atoms with Gasteiger partial charge in [-0.1, -0.05) is 61.2 Å². The van der Waals surface area contributed by atoms with Crippen molar-refractivity contribution in [2.24, 2.45) is 0 Å². The number of esters is 7. The molecular formula is C49H54F6O14. The molecule has 0 aromatic heterocycles. The minimum atomic E-state index is -4.17. The van der Waals surface area contributed by atoms with Crippen LogP contribution in [0.3, 0.4) is 0 Å². The summed E-state index contributed by atoms with van der Waals surface area (Å²) in [4.78, 5) is 92.3. The molecule has 0 aliphatic carbocycles. The van der Waals surface area contributed by atoms with Crippen molar-refractivity contribution in [1.82, 2.24) is 0 Å². The van der Waals surface area contributed by atoms with Gasteiger partial charge in [-0.2, -0.15) is 26.3 Å². The van der Waals surface area contributed by atoms with Gasteiger partial charge in [0.2, 0.25) is 5.60 Å². The number of alkyl halides is 6. The summed E-state index contributed by atoms with van der Waals surface area (Å²) in [5, 5.41) is 0. The highest BCUT2D eigenvalue weighted by Crippen LogP contribution is 2.36. The summed E-state index contributed by atoms with van der Waals surface area (Å²) in [7, 11) is 0. The van der Waals surface area contributed by atoms with Crippen molar-refractivity contribution in [3.05, 3.63) is 103 Å². The Balaban J connectivity index is 1.92. The van der Waals surface area contributed by atoms with E-state index in [1.165, 1.54) is 72.8 Å². The van der Waals surface area contributed by atoms with Crippen molar-refractivity contribution in [1.29, 1.82) is 0 Å². The summed E-state index contributed by atoms with van der Waals surface area (Å²) >= 11 is 0. The normalized spacial score (nSPS) is 12.5. The van der Waals surface area contributed by atoms with Crippen LogP contribution in [0.2, 0.25) is 0 Å². The van der Waals surface area contributed by atoms with Gasteiger partial charge in [-0.3, -0.25) is 9.59 Å². The predicted molar refractivity (Wildman–Crippen MR) is 232 cm³/mol. The number of ether oxygens (including phenoxy) is 7. The molecule has 3 aromatic rings. The third-order valence-corrected chi connectivity index (χ3v) is 9.90. The highest BCUT2D eigenvalue weighted by molar-refractivity contribution is 5.96. The van der Waals surface area contributed by atoms with Crippen molar-refractivity contribution in [2.75, 3.05) is 0 Å². The lowest BCUT2D eigenvalue weighted by atomic mass is 9.92. The number of halogens is 6. The standard InChI is InChI=1S/C49H54F6O14/c1-32(2)38(58)68-46(39(59)69-45(7,8)26-29-49(54,55)42(62)65-35-22-16-11-17-23-35,30-36(56)66-43(3,4)24-27-47(50,51)40(60)63-33-18-12-9-13-19-33)31-37(57)67-44(5,6)25-28-48(52,53)41(61)64-34-20-14-10-15-21-34/h9-23H,1,24-31H2,2-8H3. The van der Waals surface area contributed by atoms with E-state index in [-0.39, 0.29) is 17.2 Å². The quantitative estimate of drug-likeness (QED) is 0.0257. The number of benzene rings is 3. The van der Waals surface area contributed by atoms with Gasteiger partial charge in [0.25, 0.3) is 0 Å². The van der Waals surface area contributed by atoms with Gasteiger partial charge in [-0.25, -0.2) is 24.0 Å². The molecule has 20 heteroatoms. The van der Waals surface area contributed by atoms with E-state index in [2.05, 4.69) is 6.58 Å². The maximum Gasteiger partial charge on any atom is 0.382 e. The molecule has 3 rings (SSSR count). The molecule has 0 aliphatic heterocycles. The second kappa shape index (κ2) is 23.0. The number of rotatable bonds is 25. The van der Waals surface area contributed by atoms with E-state index in [1.54, 1.807) is 18.2 Å². The van der Waals surface area contributed by atoms with Crippen molar-refractivity contribution < 1.29 is 93.1 Å². The van der Waals surface area contributed by atoms with Gasteiger partial charge in [0.05, 0.1) is 12.8 Å². The number of carbonyl (C=O) groups excluding carboxylic acids is 7. The molecule has 376 valence electrons. The summed E-state index contributed by atoms with van der Waals surface area (Å²) in [5.74, 6) is -24.9. The first-order chi connectivity index (χ1) is 31.8. The number of hydrogen-bond acceptors (Lipinski definition) is 14. The number of carbonyl (C=O) groups is 7. The Morgan fingerprint density at radius 1 is 0.420 bits per heavy atom. The van der Waals surface area contributed by atoms with Crippen LogP contribution in [0.4, 0.5) is 26.3 Å². The van der Waals surface area contributed by atoms with Gasteiger partial charge in [0, 0.05) is 24.8 Å². The summed E-state index contributed by atoms with van der Waals surface area (Å²) in [5.41, 5.74) is -9.37. The fourth-order valence-electron chi connectivity index (χ4n) is 5.93. The first-order valence-corrected chi connectivity index (χ1v) is 21.3. The summed E-state index contributed by atoms with van der Waals surface area (Å²) in [6, 6.07) is 20.8. The van der Waals surface area contributed by atoms with Gasteiger partial charge in [0.15, 0.2) is 0 Å². The molecule has 0 bridgehead atoms. The lowest BCUT2D eigenvalue weighted by molar-refractivity contribution is -0.202. The molecule has 14 nitrogen and oxygen atoms in total. The van der Waals surface area contributed by atoms with Gasteiger partial charge in [0.1, 0.15) is 34.1 Å². The monoisotopic (exact) mass is 980 g/mol. The van der Waals surface area contributed by atoms with Crippen LogP contribution in [0.1, 0.15) is 99.8 Å². The smallest absolute Gasteiger partial charge is 0.382 e. The zero-order valence-corrected chi connectivity index (χ0v) is 39.0. The number of para-hydroxylation sites is 3. The third kappa shape index (κ3) is 18.4. The van der Waals surface area contributed by atoms with E-state index in [9.17, 15) is 51.1 Å². The molecule has 0 spiro atoms. The van der Waals surface area contributed by atoms with Crippen LogP contribution < -0.4 is 14.2 Å². The van der Waals surface area contributed by atoms with Crippen LogP contribution in [-0.2, 0) is 52.5 Å². The third-order valence-electron chi connectivity index (χ3n) is 9.90. The van der Waals surface area contributed by atoms with Crippen molar-refractivity contribution in [3.63, 3.8) is 0 Å². The molecule has 0 saturated carbocycles. The molecule has 0 aliphatic rings. The molecular weight excluding hydrogens is 927 g/mol. The molecule has 0 amide bonds. The van der Waals surface area contributed by atoms with Crippen LogP contribution in [-0.4, -0.2) is 82.0 Å². The van der Waals surface area contributed by atoms with Gasteiger partial charge in [-0.15, -0.1) is 0 Å². The van der Waals surface area contributed by atoms with Crippen LogP contribution in [0.15, 0.2) is 103 Å². The second-order valence-electron chi connectivity index (χ2n) is 17.9. The van der Waals surface area contributed by atoms with E-state index >= 15 is 8.78 Å². The van der Waals surface area contributed by atoms with Crippen LogP contribution >= 0.6 is 0 Å². The Hall–Kier alpha value is -6.73. The molecule has 3 aromatic carbocycles. The zero-order chi connectivity index (χ0) is 52.1. The molecule has 0 heterocycles. The molecule has 0 saturated heterocycles. The summed E-state index contributed by atoms with van der Waals surface area (Å²) < 4.78 is 126. The van der Waals surface area contributed by atoms with Gasteiger partial charge in [-0.05, 0) is 104 Å². The molecule has 0 atom stereocenters. The highest BCUT2D eigenvalue weighted by Gasteiger charge is 2.53. The average molecular weight is 981 g/mol. The summed E-state index contributed by atoms with van der Waals surface area (Å²) in [6.07, 6.45) is -8.94. The maximum atomic E-state index is 15.1. The van der Waals surface area contributed by atoms with Gasteiger partial charge >= 0.3 is 59.6 Å². The van der Waals surface area contributed by atoms with Crippen molar-refractivity contribution in [3.8, 4) is 17.2 Å². The SMILES string of the molecule is C=C(C)C(=O)OC(CC(=O)OC(C)(C)CCC(F)(F)C(=O)Oc1ccccc1)(CC(=O)OC(C)(C)CCC(F)(F)C(=O)Oc1ccccc1)C(=O)OC(C)(C)CCC(F)(F)C(=O)Oc1ccccc1. The minimum absolute atomic E-state index is 0.175. The van der Waals surface area contributed by atoms with Gasteiger partial charge < -0.3 is 33.2 Å². The maximum absolute atomic E-state index is 15.1. The molecule has 69 heavy (non-hydrogen) atoms. The second-order valence-corrected chi connectivity index (χ2v) is 17.9. The van der Waals surface area contributed by atoms with E-state index in [0.717, 1.165) is 48.5 Å². The van der Waals surface area contributed by atoms with Crippen molar-refractivity contribution in [2.45, 2.75) is 140 Å². The minimum Gasteiger partial charge on any atom is -0.460 e. The van der Waals surface area contributed by atoms with E-state index in [0.29, 0.717) is 0 Å². The topological polar surface area (TPSA) is 184 Å². The van der Waals surface area contributed by atoms with Crippen molar-refractivity contribution >= 4 is 41.8 Å². The van der Waals surface area contributed by atoms with Crippen LogP contribution in [0.25, 0.3) is 0 Å². The van der Waals surface area contributed by atoms with E-state index < -0.39 is 139 Å². The Morgan fingerprint density at radius 3 is 0.971 bits per heavy atom. The highest BCUT2D eigenvalue weighted by atomic mass is 19.3. The van der Waals surface area contributed by atoms with Crippen LogP contribution in [0.5, 0.6) is 17.2 Å². The first kappa shape index (κ1) is 56.6. The predicted octanol–water partition coefficient (Wildman–Crippen LogP) is 9.65. The first-order valence-electron chi connectivity index (χ1n) is 21.3.